The maximum Gasteiger partial charge on any atom is 0.264 e. The summed E-state index contributed by atoms with van der Waals surface area (Å²) in [5, 5.41) is 2.99. The summed E-state index contributed by atoms with van der Waals surface area (Å²) in [7, 11) is -1.37. The number of hydrogen-bond donors (Lipinski definition) is 1. The minimum Gasteiger partial charge on any atom is -0.493 e. The summed E-state index contributed by atoms with van der Waals surface area (Å²) in [6.07, 6.45) is 1.09. The number of anilines is 1. The average Bonchev–Trinajstić information content (AvgIpc) is 3.00. The van der Waals surface area contributed by atoms with Crippen molar-refractivity contribution in [3.8, 4) is 11.5 Å². The van der Waals surface area contributed by atoms with Gasteiger partial charge in [-0.25, -0.2) is 8.42 Å². The number of amides is 2. The standard InChI is InChI=1S/C33H43N3O6S/c1-8-25(5)34-33(38)29(9-2)35(21-26-14-10-23(3)11-15-26)32(37)22-36(27-16-12-24(4)13-17-27)43(39,40)28-18-19-30(41-6)31(20-28)42-7/h10-20,25,29H,8-9,21-22H2,1-7H3,(H,34,38)/t25-,29-/m0/s1. The minimum absolute atomic E-state index is 0.0647. The molecule has 43 heavy (non-hydrogen) atoms. The fourth-order valence-corrected chi connectivity index (χ4v) is 6.02. The van der Waals surface area contributed by atoms with E-state index in [1.54, 1.807) is 24.3 Å². The second kappa shape index (κ2) is 14.9. The van der Waals surface area contributed by atoms with Crippen LogP contribution in [0, 0.1) is 13.8 Å². The van der Waals surface area contributed by atoms with E-state index in [1.807, 2.05) is 58.9 Å². The third-order valence-corrected chi connectivity index (χ3v) is 9.17. The lowest BCUT2D eigenvalue weighted by Crippen LogP contribution is -2.53. The highest BCUT2D eigenvalue weighted by Crippen LogP contribution is 2.32. The van der Waals surface area contributed by atoms with E-state index in [2.05, 4.69) is 5.32 Å². The first-order chi connectivity index (χ1) is 20.4. The number of carbonyl (C=O) groups excluding carboxylic acids is 2. The van der Waals surface area contributed by atoms with E-state index < -0.39 is 28.5 Å². The second-order valence-electron chi connectivity index (χ2n) is 10.6. The van der Waals surface area contributed by atoms with Gasteiger partial charge in [0.1, 0.15) is 12.6 Å². The van der Waals surface area contributed by atoms with E-state index in [-0.39, 0.29) is 29.1 Å². The Bertz CT molecular complexity index is 1490. The van der Waals surface area contributed by atoms with Crippen molar-refractivity contribution < 1.29 is 27.5 Å². The van der Waals surface area contributed by atoms with E-state index in [9.17, 15) is 18.0 Å². The summed E-state index contributed by atoms with van der Waals surface area (Å²) >= 11 is 0. The summed E-state index contributed by atoms with van der Waals surface area (Å²) < 4.78 is 40.1. The van der Waals surface area contributed by atoms with Crippen LogP contribution in [0.1, 0.15) is 50.3 Å². The lowest BCUT2D eigenvalue weighted by atomic mass is 10.1. The molecule has 10 heteroatoms. The molecule has 9 nitrogen and oxygen atoms in total. The summed E-state index contributed by atoms with van der Waals surface area (Å²) in [5.41, 5.74) is 3.15. The monoisotopic (exact) mass is 609 g/mol. The molecular weight excluding hydrogens is 566 g/mol. The first-order valence-electron chi connectivity index (χ1n) is 14.4. The number of benzene rings is 3. The molecule has 0 saturated heterocycles. The predicted octanol–water partition coefficient (Wildman–Crippen LogP) is 5.24. The van der Waals surface area contributed by atoms with Crippen LogP contribution in [-0.2, 0) is 26.2 Å². The molecule has 2 atom stereocenters. The van der Waals surface area contributed by atoms with Crippen molar-refractivity contribution in [3.05, 3.63) is 83.4 Å². The Morgan fingerprint density at radius 3 is 1.95 bits per heavy atom. The van der Waals surface area contributed by atoms with Crippen LogP contribution < -0.4 is 19.1 Å². The summed E-state index contributed by atoms with van der Waals surface area (Å²) in [4.78, 5) is 29.1. The Hall–Kier alpha value is -4.05. The van der Waals surface area contributed by atoms with Gasteiger partial charge in [-0.1, -0.05) is 61.4 Å². The topological polar surface area (TPSA) is 105 Å². The number of nitrogens with one attached hydrogen (secondary N) is 1. The molecule has 0 heterocycles. The van der Waals surface area contributed by atoms with Gasteiger partial charge in [-0.2, -0.15) is 0 Å². The predicted molar refractivity (Wildman–Crippen MR) is 169 cm³/mol. The Balaban J connectivity index is 2.09. The third-order valence-electron chi connectivity index (χ3n) is 7.40. The molecule has 3 aromatic rings. The first-order valence-corrected chi connectivity index (χ1v) is 15.9. The number of aryl methyl sites for hydroxylation is 2. The zero-order valence-corrected chi connectivity index (χ0v) is 26.9. The van der Waals surface area contributed by atoms with Gasteiger partial charge in [-0.05, 0) is 63.4 Å². The molecule has 3 rings (SSSR count). The van der Waals surface area contributed by atoms with Gasteiger partial charge in [-0.3, -0.25) is 13.9 Å². The normalized spacial score (nSPS) is 12.6. The molecule has 0 radical (unpaired) electrons. The van der Waals surface area contributed by atoms with Crippen LogP contribution in [0.3, 0.4) is 0 Å². The molecule has 3 aromatic carbocycles. The number of rotatable bonds is 14. The first kappa shape index (κ1) is 33.5. The highest BCUT2D eigenvalue weighted by Gasteiger charge is 2.34. The van der Waals surface area contributed by atoms with Crippen molar-refractivity contribution in [3.63, 3.8) is 0 Å². The van der Waals surface area contributed by atoms with Gasteiger partial charge < -0.3 is 19.7 Å². The number of ether oxygens (including phenoxy) is 2. The van der Waals surface area contributed by atoms with Gasteiger partial charge in [0.15, 0.2) is 11.5 Å². The molecule has 0 aliphatic heterocycles. The van der Waals surface area contributed by atoms with Crippen molar-refractivity contribution in [1.82, 2.24) is 10.2 Å². The van der Waals surface area contributed by atoms with Crippen LogP contribution in [0.25, 0.3) is 0 Å². The van der Waals surface area contributed by atoms with Gasteiger partial charge in [0, 0.05) is 18.7 Å². The van der Waals surface area contributed by atoms with E-state index >= 15 is 0 Å². The van der Waals surface area contributed by atoms with Crippen LogP contribution in [0.5, 0.6) is 11.5 Å². The minimum atomic E-state index is -4.26. The zero-order valence-electron chi connectivity index (χ0n) is 26.1. The van der Waals surface area contributed by atoms with Gasteiger partial charge in [0.2, 0.25) is 11.8 Å². The van der Waals surface area contributed by atoms with Crippen LogP contribution in [0.2, 0.25) is 0 Å². The molecule has 0 unspecified atom stereocenters. The molecule has 0 fully saturated rings. The van der Waals surface area contributed by atoms with E-state index in [0.29, 0.717) is 17.9 Å². The number of hydrogen-bond acceptors (Lipinski definition) is 6. The molecular formula is C33H43N3O6S. The molecule has 0 bridgehead atoms. The summed E-state index contributed by atoms with van der Waals surface area (Å²) in [6.45, 7) is 9.22. The Morgan fingerprint density at radius 2 is 1.42 bits per heavy atom. The maximum atomic E-state index is 14.2. The summed E-state index contributed by atoms with van der Waals surface area (Å²) in [6, 6.07) is 18.0. The average molecular weight is 610 g/mol. The Morgan fingerprint density at radius 1 is 0.837 bits per heavy atom. The molecule has 0 aliphatic rings. The van der Waals surface area contributed by atoms with Gasteiger partial charge in [0.05, 0.1) is 24.8 Å². The van der Waals surface area contributed by atoms with Crippen molar-refractivity contribution in [2.75, 3.05) is 25.1 Å². The molecule has 0 aromatic heterocycles. The largest absolute Gasteiger partial charge is 0.493 e. The lowest BCUT2D eigenvalue weighted by molar-refractivity contribution is -0.140. The molecule has 232 valence electrons. The zero-order chi connectivity index (χ0) is 31.7. The second-order valence-corrected chi connectivity index (χ2v) is 12.5. The van der Waals surface area contributed by atoms with Crippen molar-refractivity contribution >= 4 is 27.5 Å². The molecule has 0 aliphatic carbocycles. The molecule has 0 saturated carbocycles. The third kappa shape index (κ3) is 8.28. The highest BCUT2D eigenvalue weighted by molar-refractivity contribution is 7.92. The van der Waals surface area contributed by atoms with Crippen LogP contribution >= 0.6 is 0 Å². The van der Waals surface area contributed by atoms with E-state index in [1.165, 1.54) is 37.3 Å². The van der Waals surface area contributed by atoms with Crippen molar-refractivity contribution in [2.24, 2.45) is 0 Å². The fraction of sp³-hybridized carbons (Fsp3) is 0.394. The van der Waals surface area contributed by atoms with Crippen molar-refractivity contribution in [2.45, 2.75) is 71.0 Å². The number of methoxy groups -OCH3 is 2. The SMILES string of the molecule is CC[C@H](C)NC(=O)[C@H](CC)N(Cc1ccc(C)cc1)C(=O)CN(c1ccc(C)cc1)S(=O)(=O)c1ccc(OC)c(OC)c1. The number of nitrogens with zero attached hydrogens (tertiary/aromatic N) is 2. The smallest absolute Gasteiger partial charge is 0.264 e. The van der Waals surface area contributed by atoms with Gasteiger partial charge in [0.25, 0.3) is 10.0 Å². The van der Waals surface area contributed by atoms with Crippen molar-refractivity contribution in [1.29, 1.82) is 0 Å². The number of carbonyl (C=O) groups is 2. The van der Waals surface area contributed by atoms with E-state index in [0.717, 1.165) is 27.4 Å². The Labute approximate surface area is 255 Å². The van der Waals surface area contributed by atoms with Gasteiger partial charge >= 0.3 is 0 Å². The highest BCUT2D eigenvalue weighted by atomic mass is 32.2. The maximum absolute atomic E-state index is 14.2. The molecule has 2 amide bonds. The van der Waals surface area contributed by atoms with Crippen LogP contribution in [-0.4, -0.2) is 58.0 Å². The lowest BCUT2D eigenvalue weighted by Gasteiger charge is -2.33. The fourth-order valence-electron chi connectivity index (χ4n) is 4.59. The summed E-state index contributed by atoms with van der Waals surface area (Å²) in [5.74, 6) is -0.160. The van der Waals surface area contributed by atoms with Crippen LogP contribution in [0.4, 0.5) is 5.69 Å². The van der Waals surface area contributed by atoms with Crippen LogP contribution in [0.15, 0.2) is 71.6 Å². The molecule has 0 spiro atoms. The molecule has 1 N–H and O–H groups in total. The quantitative estimate of drug-likeness (QED) is 0.268. The van der Waals surface area contributed by atoms with Gasteiger partial charge in [-0.15, -0.1) is 0 Å². The Kier molecular flexibility index (Phi) is 11.6. The number of sulfonamides is 1. The van der Waals surface area contributed by atoms with E-state index in [4.69, 9.17) is 9.47 Å².